The second kappa shape index (κ2) is 15.4. The van der Waals surface area contributed by atoms with Crippen LogP contribution in [0.25, 0.3) is 0 Å². The first-order chi connectivity index (χ1) is 13.6. The molecule has 1 amide bonds. The molecule has 0 fully saturated rings. The third-order valence-electron chi connectivity index (χ3n) is 3.86. The van der Waals surface area contributed by atoms with E-state index >= 15 is 0 Å². The van der Waals surface area contributed by atoms with Crippen molar-refractivity contribution in [3.8, 4) is 0 Å². The maximum atomic E-state index is 11.6. The molecular formula is C16H32BrNO11. The summed E-state index contributed by atoms with van der Waals surface area (Å²) < 4.78 is 16.2. The Labute approximate surface area is 177 Å². The molecule has 0 bridgehead atoms. The van der Waals surface area contributed by atoms with Crippen molar-refractivity contribution >= 4 is 21.8 Å². The van der Waals surface area contributed by atoms with Crippen molar-refractivity contribution in [3.63, 3.8) is 0 Å². The summed E-state index contributed by atoms with van der Waals surface area (Å²) in [5.41, 5.74) is 0. The summed E-state index contributed by atoms with van der Waals surface area (Å²) in [7, 11) is 0. The van der Waals surface area contributed by atoms with Gasteiger partial charge in [0.1, 0.15) is 24.4 Å². The van der Waals surface area contributed by atoms with Crippen molar-refractivity contribution in [1.29, 1.82) is 0 Å². The lowest BCUT2D eigenvalue weighted by atomic mass is 10.2. The summed E-state index contributed by atoms with van der Waals surface area (Å²) in [5, 5.41) is 68.7. The van der Waals surface area contributed by atoms with Gasteiger partial charge in [-0.3, -0.25) is 4.79 Å². The van der Waals surface area contributed by atoms with Gasteiger partial charge in [-0.1, -0.05) is 15.9 Å². The van der Waals surface area contributed by atoms with Gasteiger partial charge in [-0.05, 0) is 13.8 Å². The third kappa shape index (κ3) is 10.4. The van der Waals surface area contributed by atoms with Crippen LogP contribution in [0.5, 0.6) is 0 Å². The van der Waals surface area contributed by atoms with Crippen molar-refractivity contribution in [2.24, 2.45) is 0 Å². The number of halogens is 1. The van der Waals surface area contributed by atoms with Crippen LogP contribution < -0.4 is 5.32 Å². The summed E-state index contributed by atoms with van der Waals surface area (Å²) in [5.74, 6) is -0.549. The molecule has 0 aliphatic heterocycles. The van der Waals surface area contributed by atoms with E-state index in [4.69, 9.17) is 19.3 Å². The summed E-state index contributed by atoms with van der Waals surface area (Å²) in [6.45, 7) is 0.0521. The van der Waals surface area contributed by atoms with Gasteiger partial charge in [0, 0.05) is 0 Å². The van der Waals surface area contributed by atoms with Crippen LogP contribution in [-0.2, 0) is 19.0 Å². The molecule has 4 unspecified atom stereocenters. The predicted octanol–water partition coefficient (Wildman–Crippen LogP) is -3.60. The molecule has 0 aromatic rings. The van der Waals surface area contributed by atoms with E-state index in [1.165, 1.54) is 13.8 Å². The molecule has 0 spiro atoms. The zero-order valence-corrected chi connectivity index (χ0v) is 17.9. The minimum absolute atomic E-state index is 0.0959. The normalized spacial score (nSPS) is 20.2. The average molecular weight is 494 g/mol. The van der Waals surface area contributed by atoms with Crippen LogP contribution in [0, 0.1) is 0 Å². The van der Waals surface area contributed by atoms with Gasteiger partial charge in [-0.15, -0.1) is 0 Å². The van der Waals surface area contributed by atoms with Gasteiger partial charge in [0.25, 0.3) is 0 Å². The molecular weight excluding hydrogens is 462 g/mol. The molecule has 0 aliphatic rings. The fourth-order valence-electron chi connectivity index (χ4n) is 2.08. The van der Waals surface area contributed by atoms with Crippen LogP contribution in [0.1, 0.15) is 13.8 Å². The molecule has 0 rings (SSSR count). The van der Waals surface area contributed by atoms with E-state index < -0.39 is 81.5 Å². The first-order valence-electron chi connectivity index (χ1n) is 8.94. The van der Waals surface area contributed by atoms with E-state index in [2.05, 4.69) is 21.2 Å². The first kappa shape index (κ1) is 28.5. The molecule has 8 N–H and O–H groups in total. The van der Waals surface area contributed by atoms with Gasteiger partial charge < -0.3 is 55.3 Å². The quantitative estimate of drug-likeness (QED) is 0.0779. The fraction of sp³-hybridized carbons (Fsp3) is 0.938. The number of carbonyl (C=O) groups excluding carboxylic acids is 1. The first-order valence-corrected chi connectivity index (χ1v) is 10.1. The number of hydrogen-bond donors (Lipinski definition) is 8. The molecule has 29 heavy (non-hydrogen) atoms. The number of ether oxygens (including phenoxy) is 3. The molecule has 174 valence electrons. The number of hydrogen-bond acceptors (Lipinski definition) is 11. The van der Waals surface area contributed by atoms with E-state index in [1.807, 2.05) is 0 Å². The Bertz CT molecular complexity index is 445. The lowest BCUT2D eigenvalue weighted by molar-refractivity contribution is -0.272. The number of aliphatic hydroxyl groups is 7. The monoisotopic (exact) mass is 493 g/mol. The van der Waals surface area contributed by atoms with Gasteiger partial charge in [0.15, 0.2) is 12.5 Å². The second-order valence-corrected chi connectivity index (χ2v) is 6.85. The Kier molecular flexibility index (Phi) is 15.1. The SMILES string of the molecule is C[C@H](O)C(CO)OC(O[C@@H](C)C(CO)OC(NC(=O)CBr)[C@@H](O)CO)[C@@H](O)CO. The molecule has 0 saturated heterocycles. The Balaban J connectivity index is 5.24. The Morgan fingerprint density at radius 1 is 0.862 bits per heavy atom. The highest BCUT2D eigenvalue weighted by atomic mass is 79.9. The molecule has 0 saturated carbocycles. The van der Waals surface area contributed by atoms with E-state index in [-0.39, 0.29) is 5.33 Å². The summed E-state index contributed by atoms with van der Waals surface area (Å²) in [6, 6.07) is 0. The Hall–Kier alpha value is -0.450. The van der Waals surface area contributed by atoms with Gasteiger partial charge >= 0.3 is 0 Å². The average Bonchev–Trinajstić information content (AvgIpc) is 2.71. The van der Waals surface area contributed by atoms with E-state index in [0.717, 1.165) is 0 Å². The van der Waals surface area contributed by atoms with Gasteiger partial charge in [0.05, 0.1) is 44.0 Å². The standard InChI is InChI=1S/C16H32BrNO11/c1-8(23)12(6-21)29-16(11(25)5-20)27-9(2)13(7-22)28-15(10(24)4-19)18-14(26)3-17/h8-13,15-16,19-25H,3-7H2,1-2H3,(H,18,26)/t8-,9-,10-,11-,12?,13?,15?,16?/m0/s1. The van der Waals surface area contributed by atoms with E-state index in [1.54, 1.807) is 0 Å². The minimum Gasteiger partial charge on any atom is -0.394 e. The molecule has 0 aliphatic carbocycles. The van der Waals surface area contributed by atoms with E-state index in [9.17, 15) is 35.4 Å². The van der Waals surface area contributed by atoms with Crippen LogP contribution in [0.4, 0.5) is 0 Å². The highest BCUT2D eigenvalue weighted by Gasteiger charge is 2.33. The number of aliphatic hydroxyl groups excluding tert-OH is 7. The number of rotatable bonds is 16. The number of amides is 1. The Morgan fingerprint density at radius 2 is 1.41 bits per heavy atom. The third-order valence-corrected chi connectivity index (χ3v) is 4.37. The highest BCUT2D eigenvalue weighted by Crippen LogP contribution is 2.16. The second-order valence-electron chi connectivity index (χ2n) is 6.29. The number of alkyl halides is 1. The predicted molar refractivity (Wildman–Crippen MR) is 102 cm³/mol. The molecule has 0 aromatic carbocycles. The fourth-order valence-corrected chi connectivity index (χ4v) is 2.25. The van der Waals surface area contributed by atoms with Crippen molar-refractivity contribution in [1.82, 2.24) is 5.32 Å². The smallest absolute Gasteiger partial charge is 0.232 e. The largest absolute Gasteiger partial charge is 0.394 e. The summed E-state index contributed by atoms with van der Waals surface area (Å²) in [4.78, 5) is 11.6. The van der Waals surface area contributed by atoms with Crippen LogP contribution in [0.3, 0.4) is 0 Å². The van der Waals surface area contributed by atoms with Gasteiger partial charge in [-0.25, -0.2) is 0 Å². The van der Waals surface area contributed by atoms with Gasteiger partial charge in [0.2, 0.25) is 5.91 Å². The molecule has 13 heteroatoms. The molecule has 8 atom stereocenters. The van der Waals surface area contributed by atoms with Crippen LogP contribution in [0.2, 0.25) is 0 Å². The van der Waals surface area contributed by atoms with Crippen molar-refractivity contribution in [2.45, 2.75) is 63.0 Å². The molecule has 0 radical (unpaired) electrons. The van der Waals surface area contributed by atoms with Crippen molar-refractivity contribution in [2.75, 3.05) is 31.8 Å². The lowest BCUT2D eigenvalue weighted by Crippen LogP contribution is -2.52. The van der Waals surface area contributed by atoms with Gasteiger partial charge in [-0.2, -0.15) is 0 Å². The van der Waals surface area contributed by atoms with E-state index in [0.29, 0.717) is 0 Å². The molecule has 0 heterocycles. The summed E-state index contributed by atoms with van der Waals surface area (Å²) in [6.07, 6.45) is -10.3. The number of nitrogens with one attached hydrogen (secondary N) is 1. The van der Waals surface area contributed by atoms with Crippen molar-refractivity contribution in [3.05, 3.63) is 0 Å². The Morgan fingerprint density at radius 3 is 1.83 bits per heavy atom. The van der Waals surface area contributed by atoms with Crippen LogP contribution >= 0.6 is 15.9 Å². The van der Waals surface area contributed by atoms with Crippen molar-refractivity contribution < 1.29 is 54.8 Å². The molecule has 12 nitrogen and oxygen atoms in total. The molecule has 0 aromatic heterocycles. The highest BCUT2D eigenvalue weighted by molar-refractivity contribution is 9.09. The number of carbonyl (C=O) groups is 1. The van der Waals surface area contributed by atoms with Crippen LogP contribution in [0.15, 0.2) is 0 Å². The topological polar surface area (TPSA) is 198 Å². The maximum Gasteiger partial charge on any atom is 0.232 e. The van der Waals surface area contributed by atoms with Crippen LogP contribution in [-0.4, -0.2) is 123 Å². The zero-order chi connectivity index (χ0) is 22.6. The lowest BCUT2D eigenvalue weighted by Gasteiger charge is -2.34. The minimum atomic E-state index is -1.54. The zero-order valence-electron chi connectivity index (χ0n) is 16.3. The maximum absolute atomic E-state index is 11.6. The summed E-state index contributed by atoms with van der Waals surface area (Å²) >= 11 is 2.93.